The van der Waals surface area contributed by atoms with E-state index in [9.17, 15) is 20.1 Å². The molecule has 0 spiro atoms. The third-order valence-electron chi connectivity index (χ3n) is 13.1. The molecule has 4 N–H and O–H groups in total. The molecule has 0 aliphatic carbocycles. The first-order valence-electron chi connectivity index (χ1n) is 27.6. The molecule has 0 aliphatic rings. The Morgan fingerprint density at radius 3 is 0.984 bits per heavy atom. The molecule has 0 aliphatic heterocycles. The Bertz CT molecular complexity index is 905. The van der Waals surface area contributed by atoms with Crippen molar-refractivity contribution in [1.82, 2.24) is 5.32 Å². The second kappa shape index (κ2) is 51.5. The van der Waals surface area contributed by atoms with Gasteiger partial charge in [0, 0.05) is 0 Å². The van der Waals surface area contributed by atoms with Crippen LogP contribution in [0.25, 0.3) is 0 Å². The van der Waals surface area contributed by atoms with E-state index >= 15 is 0 Å². The molecule has 0 radical (unpaired) electrons. The van der Waals surface area contributed by atoms with E-state index in [-0.39, 0.29) is 6.61 Å². The molecule has 0 bridgehead atoms. The van der Waals surface area contributed by atoms with Gasteiger partial charge in [0.1, 0.15) is 6.10 Å². The fourth-order valence-corrected chi connectivity index (χ4v) is 8.75. The topological polar surface area (TPSA) is 89.8 Å². The molecule has 0 fully saturated rings. The Hall–Kier alpha value is -1.17. The van der Waals surface area contributed by atoms with Crippen LogP contribution in [0.4, 0.5) is 0 Å². The van der Waals surface area contributed by atoms with E-state index in [0.717, 1.165) is 38.5 Å². The Morgan fingerprint density at radius 1 is 0.393 bits per heavy atom. The number of allylic oxidation sites excluding steroid dienone is 4. The van der Waals surface area contributed by atoms with Crippen LogP contribution in [0.2, 0.25) is 0 Å². The average Bonchev–Trinajstić information content (AvgIpc) is 3.26. The van der Waals surface area contributed by atoms with Gasteiger partial charge in [-0.05, 0) is 44.9 Å². The summed E-state index contributed by atoms with van der Waals surface area (Å²) < 4.78 is 0. The number of nitrogens with one attached hydrogen (secondary N) is 1. The number of unbranched alkanes of at least 4 members (excludes halogenated alkanes) is 39. The standard InChI is InChI=1S/C56H109NO4/c1-3-5-7-9-11-13-15-16-17-18-19-20-21-22-23-24-25-26-27-28-29-30-31-32-33-34-35-36-37-38-39-41-43-45-47-49-51-55(60)56(61)57-53(52-58)54(59)50-48-46-44-42-40-14-12-10-8-6-4-2/h23-24,26-27,53-55,58-60H,3-22,25,28-52H2,1-2H3,(H,57,61)/b24-23-,27-26-. The fourth-order valence-electron chi connectivity index (χ4n) is 8.75. The van der Waals surface area contributed by atoms with E-state index in [1.165, 1.54) is 238 Å². The summed E-state index contributed by atoms with van der Waals surface area (Å²) in [6.07, 6.45) is 65.3. The number of rotatable bonds is 51. The summed E-state index contributed by atoms with van der Waals surface area (Å²) in [4.78, 5) is 12.5. The lowest BCUT2D eigenvalue weighted by molar-refractivity contribution is -0.131. The van der Waals surface area contributed by atoms with Crippen molar-refractivity contribution in [2.24, 2.45) is 0 Å². The lowest BCUT2D eigenvalue weighted by Crippen LogP contribution is -2.49. The molecule has 0 aromatic heterocycles. The minimum Gasteiger partial charge on any atom is -0.394 e. The van der Waals surface area contributed by atoms with E-state index in [1.54, 1.807) is 0 Å². The molecule has 0 saturated heterocycles. The summed E-state index contributed by atoms with van der Waals surface area (Å²) in [5.74, 6) is -0.468. The second-order valence-electron chi connectivity index (χ2n) is 19.1. The zero-order valence-corrected chi connectivity index (χ0v) is 41.3. The van der Waals surface area contributed by atoms with Gasteiger partial charge < -0.3 is 20.6 Å². The van der Waals surface area contributed by atoms with Gasteiger partial charge >= 0.3 is 0 Å². The van der Waals surface area contributed by atoms with Crippen molar-refractivity contribution in [2.45, 2.75) is 321 Å². The quantitative estimate of drug-likeness (QED) is 0.0362. The van der Waals surface area contributed by atoms with Crippen LogP contribution in [0.1, 0.15) is 303 Å². The molecule has 0 rings (SSSR count). The van der Waals surface area contributed by atoms with E-state index in [0.29, 0.717) is 12.8 Å². The van der Waals surface area contributed by atoms with Gasteiger partial charge in [-0.3, -0.25) is 4.79 Å². The predicted molar refractivity (Wildman–Crippen MR) is 268 cm³/mol. The first-order chi connectivity index (χ1) is 30.1. The van der Waals surface area contributed by atoms with Crippen LogP contribution in [0, 0.1) is 0 Å². The van der Waals surface area contributed by atoms with Crippen molar-refractivity contribution in [3.63, 3.8) is 0 Å². The number of hydrogen-bond donors (Lipinski definition) is 4. The normalized spacial score (nSPS) is 13.5. The summed E-state index contributed by atoms with van der Waals surface area (Å²) >= 11 is 0. The third-order valence-corrected chi connectivity index (χ3v) is 13.1. The number of hydrogen-bond acceptors (Lipinski definition) is 4. The van der Waals surface area contributed by atoms with Crippen molar-refractivity contribution < 1.29 is 20.1 Å². The maximum absolute atomic E-state index is 12.5. The minimum atomic E-state index is -1.07. The van der Waals surface area contributed by atoms with E-state index in [1.807, 2.05) is 0 Å². The molecule has 3 unspecified atom stereocenters. The van der Waals surface area contributed by atoms with Gasteiger partial charge in [-0.2, -0.15) is 0 Å². The smallest absolute Gasteiger partial charge is 0.249 e. The first kappa shape index (κ1) is 59.8. The Morgan fingerprint density at radius 2 is 0.672 bits per heavy atom. The lowest BCUT2D eigenvalue weighted by atomic mass is 10.0. The summed E-state index contributed by atoms with van der Waals surface area (Å²) in [5, 5.41) is 33.3. The predicted octanol–water partition coefficient (Wildman–Crippen LogP) is 16.9. The van der Waals surface area contributed by atoms with Crippen molar-refractivity contribution >= 4 is 5.91 Å². The number of aliphatic hydroxyl groups is 3. The number of aliphatic hydroxyl groups excluding tert-OH is 3. The second-order valence-corrected chi connectivity index (χ2v) is 19.1. The van der Waals surface area contributed by atoms with Crippen LogP contribution in [0.3, 0.4) is 0 Å². The molecule has 1 amide bonds. The summed E-state index contributed by atoms with van der Waals surface area (Å²) in [6, 6.07) is -0.709. The Kier molecular flexibility index (Phi) is 50.5. The van der Waals surface area contributed by atoms with Crippen LogP contribution < -0.4 is 5.32 Å². The summed E-state index contributed by atoms with van der Waals surface area (Å²) in [5.41, 5.74) is 0. The van der Waals surface area contributed by atoms with Gasteiger partial charge in [0.2, 0.25) is 5.91 Å². The largest absolute Gasteiger partial charge is 0.394 e. The molecule has 0 aromatic rings. The molecule has 0 heterocycles. The van der Waals surface area contributed by atoms with Crippen molar-refractivity contribution in [3.05, 3.63) is 24.3 Å². The lowest BCUT2D eigenvalue weighted by Gasteiger charge is -2.23. The third kappa shape index (κ3) is 46.6. The van der Waals surface area contributed by atoms with Crippen molar-refractivity contribution in [2.75, 3.05) is 6.61 Å². The zero-order valence-electron chi connectivity index (χ0n) is 41.3. The first-order valence-corrected chi connectivity index (χ1v) is 27.6. The molecule has 61 heavy (non-hydrogen) atoms. The molecular formula is C56H109NO4. The van der Waals surface area contributed by atoms with Gasteiger partial charge in [-0.1, -0.05) is 282 Å². The molecule has 0 saturated carbocycles. The van der Waals surface area contributed by atoms with Crippen LogP contribution in [-0.2, 0) is 4.79 Å². The van der Waals surface area contributed by atoms with Gasteiger partial charge in [0.25, 0.3) is 0 Å². The van der Waals surface area contributed by atoms with Crippen LogP contribution in [0.5, 0.6) is 0 Å². The van der Waals surface area contributed by atoms with Crippen LogP contribution in [-0.4, -0.2) is 46.1 Å². The monoisotopic (exact) mass is 860 g/mol. The molecule has 5 nitrogen and oxygen atoms in total. The Labute approximate surface area is 382 Å². The van der Waals surface area contributed by atoms with Crippen LogP contribution in [0.15, 0.2) is 24.3 Å². The fraction of sp³-hybridized carbons (Fsp3) is 0.911. The Balaban J connectivity index is 3.45. The van der Waals surface area contributed by atoms with Gasteiger partial charge in [0.05, 0.1) is 18.8 Å². The van der Waals surface area contributed by atoms with Gasteiger partial charge in [-0.15, -0.1) is 0 Å². The van der Waals surface area contributed by atoms with E-state index < -0.39 is 24.2 Å². The van der Waals surface area contributed by atoms with E-state index in [4.69, 9.17) is 0 Å². The number of carbonyl (C=O) groups is 1. The SMILES string of the molecule is CCCCCCCCCCCCCCC/C=C\C/C=C\CCCCCCCCCCCCCCCCCCC(O)C(=O)NC(CO)C(O)CCCCCCCCCCCCC. The summed E-state index contributed by atoms with van der Waals surface area (Å²) in [7, 11) is 0. The maximum Gasteiger partial charge on any atom is 0.249 e. The highest BCUT2D eigenvalue weighted by Crippen LogP contribution is 2.17. The molecule has 5 heteroatoms. The molecule has 3 atom stereocenters. The molecular weight excluding hydrogens is 751 g/mol. The molecule has 0 aromatic carbocycles. The highest BCUT2D eigenvalue weighted by molar-refractivity contribution is 5.80. The highest BCUT2D eigenvalue weighted by atomic mass is 16.3. The van der Waals surface area contributed by atoms with Crippen molar-refractivity contribution in [1.29, 1.82) is 0 Å². The summed E-state index contributed by atoms with van der Waals surface area (Å²) in [6.45, 7) is 4.24. The average molecular weight is 860 g/mol. The zero-order chi connectivity index (χ0) is 44.4. The van der Waals surface area contributed by atoms with E-state index in [2.05, 4.69) is 43.5 Å². The van der Waals surface area contributed by atoms with Gasteiger partial charge in [0.15, 0.2) is 0 Å². The van der Waals surface area contributed by atoms with Crippen molar-refractivity contribution in [3.8, 4) is 0 Å². The highest BCUT2D eigenvalue weighted by Gasteiger charge is 2.23. The number of carbonyl (C=O) groups excluding carboxylic acids is 1. The molecule has 362 valence electrons. The van der Waals surface area contributed by atoms with Gasteiger partial charge in [-0.25, -0.2) is 0 Å². The minimum absolute atomic E-state index is 0.311. The van der Waals surface area contributed by atoms with Crippen LogP contribution >= 0.6 is 0 Å². The maximum atomic E-state index is 12.5. The number of amides is 1.